The fourth-order valence-corrected chi connectivity index (χ4v) is 18.1. The van der Waals surface area contributed by atoms with Crippen LogP contribution in [-0.4, -0.2) is 0 Å². The van der Waals surface area contributed by atoms with Gasteiger partial charge in [-0.3, -0.25) is 0 Å². The highest BCUT2D eigenvalue weighted by molar-refractivity contribution is 5.83. The molecule has 4 nitrogen and oxygen atoms in total. The van der Waals surface area contributed by atoms with E-state index in [0.717, 1.165) is 23.7 Å². The highest BCUT2D eigenvalue weighted by Gasteiger charge is 2.26. The zero-order chi connectivity index (χ0) is 70.4. The Morgan fingerprint density at radius 1 is 0.267 bits per heavy atom. The van der Waals surface area contributed by atoms with Crippen LogP contribution in [0.4, 0.5) is 0 Å². The van der Waals surface area contributed by atoms with Crippen LogP contribution >= 0.6 is 0 Å². The molecular weight excluding hydrogens is 1220 g/mol. The van der Waals surface area contributed by atoms with Crippen molar-refractivity contribution in [1.82, 2.24) is 0 Å². The van der Waals surface area contributed by atoms with E-state index in [-0.39, 0.29) is 0 Å². The highest BCUT2D eigenvalue weighted by atomic mass is 15.0. The summed E-state index contributed by atoms with van der Waals surface area (Å²) in [6, 6.07) is 71.0. The normalized spacial score (nSPS) is 15.1. The van der Waals surface area contributed by atoms with Gasteiger partial charge >= 0.3 is 0 Å². The van der Waals surface area contributed by atoms with Crippen molar-refractivity contribution in [1.29, 1.82) is 0 Å². The molecular formula is C97H114N4+4. The SMILES string of the molecule is Cc1cc(C)c(C)c(-c2ccc3c(CC4CCCC4)cccc3[n+]2C)c1.Cc1cc(C)c(C)c(-c2ccc3cc(CC4CCCC4)ccc3[n+]2C)c1.Cc1ccc(C)c(-c2ccc3cc(CC4CCCC4)ccc3[n+]2C)c1.Cc1ccccc1-c1ccc2cc(CC3CCCC3)ccc2[n+]1C. The van der Waals surface area contributed by atoms with Gasteiger partial charge in [0.25, 0.3) is 0 Å². The van der Waals surface area contributed by atoms with Crippen LogP contribution in [-0.2, 0) is 53.9 Å². The molecule has 0 N–H and O–H groups in total. The van der Waals surface area contributed by atoms with Gasteiger partial charge in [-0.2, -0.15) is 18.3 Å². The Morgan fingerprint density at radius 3 is 1.07 bits per heavy atom. The van der Waals surface area contributed by atoms with Gasteiger partial charge in [0.05, 0.1) is 0 Å². The van der Waals surface area contributed by atoms with Crippen molar-refractivity contribution in [2.24, 2.45) is 51.9 Å². The van der Waals surface area contributed by atoms with E-state index < -0.39 is 0 Å². The van der Waals surface area contributed by atoms with Gasteiger partial charge in [0.15, 0.2) is 0 Å². The zero-order valence-corrected chi connectivity index (χ0v) is 63.6. The third-order valence-corrected chi connectivity index (χ3v) is 24.3. The third-order valence-electron chi connectivity index (χ3n) is 24.3. The summed E-state index contributed by atoms with van der Waals surface area (Å²) in [5.74, 6) is 3.59. The largest absolute Gasteiger partial charge is 0.213 e. The van der Waals surface area contributed by atoms with E-state index in [1.807, 2.05) is 0 Å². The maximum absolute atomic E-state index is 2.41. The molecule has 4 aromatic heterocycles. The summed E-state index contributed by atoms with van der Waals surface area (Å²) in [6.45, 7) is 19.8. The second-order valence-corrected chi connectivity index (χ2v) is 31.7. The maximum Gasteiger partial charge on any atom is 0.213 e. The average Bonchev–Trinajstić information content (AvgIpc) is 1.23. The monoisotopic (exact) mass is 1330 g/mol. The lowest BCUT2D eigenvalue weighted by atomic mass is 9.93. The predicted octanol–water partition coefficient (Wildman–Crippen LogP) is 23.0. The zero-order valence-electron chi connectivity index (χ0n) is 63.6. The van der Waals surface area contributed by atoms with Gasteiger partial charge < -0.3 is 0 Å². The number of rotatable bonds is 12. The molecule has 8 aromatic carbocycles. The molecule has 0 aliphatic heterocycles. The van der Waals surface area contributed by atoms with Crippen molar-refractivity contribution < 1.29 is 18.3 Å². The third kappa shape index (κ3) is 16.2. The van der Waals surface area contributed by atoms with Gasteiger partial charge in [-0.15, -0.1) is 0 Å². The van der Waals surface area contributed by atoms with Crippen molar-refractivity contribution >= 4 is 43.6 Å². The Bertz CT molecular complexity index is 4960. The second-order valence-electron chi connectivity index (χ2n) is 31.7. The standard InChI is InChI=1S/2C25H30N.C24H28N.C23H26N/c1-17-14-18(2)19(3)23(15-17)25-13-12-22-21(16-20-8-5-6-9-20)10-7-11-24(22)26(25)4;1-17-13-18(2)19(3)23(14-17)25-12-10-22-16-21(9-11-24(22)26(25)4)15-20-7-5-6-8-20;1-17-8-9-18(2)22(14-17)24-13-11-21-16-20(10-12-23(21)25(24)3)15-19-6-4-5-7-19;1-17-7-3-6-10-21(17)23-14-12-20-16-19(11-13-22(20)24(23)2)15-18-8-4-5-9-18/h7,10-15,20H,5-6,8-9,16H2,1-4H3;9-14,16,20H,5-8,15H2,1-4H3;8-14,16,19H,4-7,15H2,1-3H3;3,6-7,10-14,16,18H,4-5,8-9,15H2,1-2H3/q4*+1. The van der Waals surface area contributed by atoms with Crippen LogP contribution in [0.25, 0.3) is 88.6 Å². The van der Waals surface area contributed by atoms with E-state index in [9.17, 15) is 0 Å². The van der Waals surface area contributed by atoms with Crippen molar-refractivity contribution in [3.05, 3.63) is 260 Å². The van der Waals surface area contributed by atoms with Gasteiger partial charge in [0.1, 0.15) is 28.2 Å². The fraction of sp³-hybridized carbons (Fsp3) is 0.381. The van der Waals surface area contributed by atoms with Crippen molar-refractivity contribution in [3.63, 3.8) is 0 Å². The first-order valence-electron chi connectivity index (χ1n) is 38.9. The molecule has 12 aromatic rings. The van der Waals surface area contributed by atoms with Crippen LogP contribution in [0.15, 0.2) is 188 Å². The van der Waals surface area contributed by atoms with Crippen LogP contribution in [0.2, 0.25) is 0 Å². The first kappa shape index (κ1) is 70.8. The lowest BCUT2D eigenvalue weighted by Gasteiger charge is -2.13. The van der Waals surface area contributed by atoms with E-state index in [4.69, 9.17) is 0 Å². The number of hydrogen-bond donors (Lipinski definition) is 0. The lowest BCUT2D eigenvalue weighted by Crippen LogP contribution is -2.32. The molecule has 0 saturated heterocycles. The molecule has 0 amide bonds. The number of aryl methyl sites for hydroxylation is 11. The van der Waals surface area contributed by atoms with Gasteiger partial charge in [-0.1, -0.05) is 192 Å². The smallest absolute Gasteiger partial charge is 0.194 e. The Balaban J connectivity index is 0.000000120. The summed E-state index contributed by atoms with van der Waals surface area (Å²) in [5.41, 5.74) is 34.0. The first-order chi connectivity index (χ1) is 48.9. The van der Waals surface area contributed by atoms with Gasteiger partial charge in [0, 0.05) is 92.3 Å². The van der Waals surface area contributed by atoms with Crippen LogP contribution < -0.4 is 18.3 Å². The minimum Gasteiger partial charge on any atom is -0.194 e. The Kier molecular flexibility index (Phi) is 22.3. The van der Waals surface area contributed by atoms with E-state index in [0.29, 0.717) is 0 Å². The molecule has 4 aliphatic rings. The molecule has 518 valence electrons. The number of hydrogen-bond acceptors (Lipinski definition) is 0. The quantitative estimate of drug-likeness (QED) is 0.108. The topological polar surface area (TPSA) is 15.5 Å². The first-order valence-corrected chi connectivity index (χ1v) is 38.9. The summed E-state index contributed by atoms with van der Waals surface area (Å²) >= 11 is 0. The van der Waals surface area contributed by atoms with E-state index >= 15 is 0 Å². The van der Waals surface area contributed by atoms with Gasteiger partial charge in [0.2, 0.25) is 44.8 Å². The number of pyridine rings is 4. The number of fused-ring (bicyclic) bond motifs is 4. The summed E-state index contributed by atoms with van der Waals surface area (Å²) in [4.78, 5) is 0. The van der Waals surface area contributed by atoms with Crippen molar-refractivity contribution in [3.8, 4) is 45.0 Å². The van der Waals surface area contributed by atoms with Crippen LogP contribution in [0.3, 0.4) is 0 Å². The minimum absolute atomic E-state index is 0.882. The van der Waals surface area contributed by atoms with Crippen LogP contribution in [0.5, 0.6) is 0 Å². The Labute approximate surface area is 606 Å². The van der Waals surface area contributed by atoms with Gasteiger partial charge in [-0.05, 0) is 234 Å². The number of benzene rings is 8. The molecule has 101 heavy (non-hydrogen) atoms. The van der Waals surface area contributed by atoms with Gasteiger partial charge in [-0.25, -0.2) is 0 Å². The van der Waals surface area contributed by atoms with E-state index in [1.54, 1.807) is 0 Å². The van der Waals surface area contributed by atoms with Crippen LogP contribution in [0.1, 0.15) is 175 Å². The summed E-state index contributed by atoms with van der Waals surface area (Å²) in [7, 11) is 8.79. The molecule has 0 atom stereocenters. The van der Waals surface area contributed by atoms with E-state index in [1.165, 1.54) is 289 Å². The van der Waals surface area contributed by atoms with Crippen LogP contribution in [0, 0.1) is 86.0 Å². The average molecular weight is 1340 g/mol. The molecule has 4 heteroatoms. The van der Waals surface area contributed by atoms with Crippen molar-refractivity contribution in [2.75, 3.05) is 0 Å². The Morgan fingerprint density at radius 2 is 0.634 bits per heavy atom. The molecule has 4 aliphatic carbocycles. The molecule has 4 fully saturated rings. The molecule has 4 heterocycles. The minimum atomic E-state index is 0.882. The number of aromatic nitrogens is 4. The molecule has 16 rings (SSSR count). The maximum atomic E-state index is 2.41. The van der Waals surface area contributed by atoms with E-state index in [2.05, 4.69) is 297 Å². The Hall–Kier alpha value is -8.60. The molecule has 4 saturated carbocycles. The highest BCUT2D eigenvalue weighted by Crippen LogP contribution is 2.36. The second kappa shape index (κ2) is 31.7. The predicted molar refractivity (Wildman–Crippen MR) is 428 cm³/mol. The summed E-state index contributed by atoms with van der Waals surface area (Å²) in [5, 5.41) is 5.49. The molecule has 0 radical (unpaired) electrons. The van der Waals surface area contributed by atoms with Crippen molar-refractivity contribution in [2.45, 2.75) is 191 Å². The summed E-state index contributed by atoms with van der Waals surface area (Å²) < 4.78 is 9.41. The molecule has 0 spiro atoms. The number of nitrogens with zero attached hydrogens (tertiary/aromatic N) is 4. The summed E-state index contributed by atoms with van der Waals surface area (Å²) in [6.07, 6.45) is 27.6. The lowest BCUT2D eigenvalue weighted by molar-refractivity contribution is -0.633. The fourth-order valence-electron chi connectivity index (χ4n) is 18.1. The molecule has 0 unspecified atom stereocenters. The molecule has 0 bridgehead atoms.